The molecule has 4 rings (SSSR count). The molecule has 0 saturated carbocycles. The van der Waals surface area contributed by atoms with E-state index in [1.807, 2.05) is 0 Å². The first-order valence-corrected chi connectivity index (χ1v) is 12.3. The highest BCUT2D eigenvalue weighted by Gasteiger charge is 2.23. The summed E-state index contributed by atoms with van der Waals surface area (Å²) in [5.41, 5.74) is 4.48. The minimum absolute atomic E-state index is 0.0974. The zero-order valence-corrected chi connectivity index (χ0v) is 19.1. The van der Waals surface area contributed by atoms with Crippen LogP contribution in [0.25, 0.3) is 11.0 Å². The summed E-state index contributed by atoms with van der Waals surface area (Å²) in [6, 6.07) is 8.54. The molecule has 164 valence electrons. The molecule has 0 saturated heterocycles. The summed E-state index contributed by atoms with van der Waals surface area (Å²) in [6.07, 6.45) is 4.97. The Bertz CT molecular complexity index is 1250. The summed E-state index contributed by atoms with van der Waals surface area (Å²) in [4.78, 5) is 12.8. The second-order valence-corrected chi connectivity index (χ2v) is 10.0. The molecule has 0 radical (unpaired) electrons. The molecule has 2 aromatic carbocycles. The Morgan fingerprint density at radius 1 is 1.13 bits per heavy atom. The molecule has 0 fully saturated rings. The van der Waals surface area contributed by atoms with Crippen LogP contribution in [0.5, 0.6) is 0 Å². The zero-order valence-electron chi connectivity index (χ0n) is 17.6. The number of rotatable bonds is 7. The highest BCUT2D eigenvalue weighted by atomic mass is 35.5. The van der Waals surface area contributed by atoms with Gasteiger partial charge in [-0.2, -0.15) is 4.31 Å². The minimum Gasteiger partial charge on any atom is -0.464 e. The highest BCUT2D eigenvalue weighted by molar-refractivity contribution is 7.89. The van der Waals surface area contributed by atoms with Gasteiger partial charge in [-0.3, -0.25) is 4.79 Å². The van der Waals surface area contributed by atoms with Crippen LogP contribution >= 0.6 is 11.6 Å². The predicted molar refractivity (Wildman–Crippen MR) is 122 cm³/mol. The highest BCUT2D eigenvalue weighted by Crippen LogP contribution is 2.31. The number of aryl methyl sites for hydroxylation is 2. The lowest BCUT2D eigenvalue weighted by Gasteiger charge is -2.19. The van der Waals surface area contributed by atoms with E-state index in [0.717, 1.165) is 35.8 Å². The summed E-state index contributed by atoms with van der Waals surface area (Å²) in [5.74, 6) is -0.289. The summed E-state index contributed by atoms with van der Waals surface area (Å²) < 4.78 is 32.6. The van der Waals surface area contributed by atoms with Gasteiger partial charge in [0.1, 0.15) is 5.58 Å². The van der Waals surface area contributed by atoms with Gasteiger partial charge in [0.25, 0.3) is 0 Å². The van der Waals surface area contributed by atoms with Crippen LogP contribution in [0.3, 0.4) is 0 Å². The molecule has 1 N–H and O–H groups in total. The number of fused-ring (bicyclic) bond motifs is 2. The van der Waals surface area contributed by atoms with Crippen LogP contribution in [0.15, 0.2) is 45.9 Å². The van der Waals surface area contributed by atoms with Crippen molar-refractivity contribution < 1.29 is 17.6 Å². The first-order chi connectivity index (χ1) is 14.8. The molecule has 1 heterocycles. The van der Waals surface area contributed by atoms with E-state index in [-0.39, 0.29) is 27.9 Å². The standard InChI is InChI=1S/C23H25ClN2O4S/c1-3-26(4-2)31(28,29)18-8-9-20(24)21(13-18)25-23(27)12-17-14-30-22-11-16-7-5-6-15(16)10-19(17)22/h8-11,13-14H,3-7,12H2,1-2H3,(H,25,27). The molecule has 0 spiro atoms. The number of carbonyl (C=O) groups is 1. The normalized spacial score (nSPS) is 13.7. The number of furan rings is 1. The van der Waals surface area contributed by atoms with E-state index in [9.17, 15) is 13.2 Å². The zero-order chi connectivity index (χ0) is 22.2. The largest absolute Gasteiger partial charge is 0.464 e. The van der Waals surface area contributed by atoms with Gasteiger partial charge >= 0.3 is 0 Å². The molecule has 1 aliphatic carbocycles. The lowest BCUT2D eigenvalue weighted by Crippen LogP contribution is -2.30. The number of halogens is 1. The van der Waals surface area contributed by atoms with Gasteiger partial charge in [0.15, 0.2) is 0 Å². The number of anilines is 1. The van der Waals surface area contributed by atoms with Gasteiger partial charge in [-0.25, -0.2) is 8.42 Å². The molecule has 0 atom stereocenters. The van der Waals surface area contributed by atoms with E-state index >= 15 is 0 Å². The predicted octanol–water partition coefficient (Wildman–Crippen LogP) is 4.79. The third-order valence-electron chi connectivity index (χ3n) is 5.77. The van der Waals surface area contributed by atoms with Crippen molar-refractivity contribution in [3.63, 3.8) is 0 Å². The van der Waals surface area contributed by atoms with Crippen LogP contribution in [0.1, 0.15) is 37.0 Å². The Morgan fingerprint density at radius 2 is 1.84 bits per heavy atom. The summed E-state index contributed by atoms with van der Waals surface area (Å²) >= 11 is 6.24. The SMILES string of the molecule is CCN(CC)S(=O)(=O)c1ccc(Cl)c(NC(=O)Cc2coc3cc4c(cc23)CCC4)c1. The number of nitrogens with zero attached hydrogens (tertiary/aromatic N) is 1. The van der Waals surface area contributed by atoms with Gasteiger partial charge in [0.2, 0.25) is 15.9 Å². The smallest absolute Gasteiger partial charge is 0.243 e. The molecule has 6 nitrogen and oxygen atoms in total. The van der Waals surface area contributed by atoms with Crippen LogP contribution in [-0.4, -0.2) is 31.7 Å². The van der Waals surface area contributed by atoms with Crippen LogP contribution in [0, 0.1) is 0 Å². The number of hydrogen-bond acceptors (Lipinski definition) is 4. The molecule has 0 bridgehead atoms. The fourth-order valence-corrected chi connectivity index (χ4v) is 5.78. The van der Waals surface area contributed by atoms with Crippen LogP contribution in [-0.2, 0) is 34.1 Å². The maximum Gasteiger partial charge on any atom is 0.243 e. The third-order valence-corrected chi connectivity index (χ3v) is 8.15. The number of hydrogen-bond donors (Lipinski definition) is 1. The molecule has 31 heavy (non-hydrogen) atoms. The van der Waals surface area contributed by atoms with Gasteiger partial charge in [0, 0.05) is 24.0 Å². The molecular formula is C23H25ClN2O4S. The lowest BCUT2D eigenvalue weighted by molar-refractivity contribution is -0.115. The molecule has 1 amide bonds. The fourth-order valence-electron chi connectivity index (χ4n) is 4.13. The molecule has 8 heteroatoms. The van der Waals surface area contributed by atoms with Crippen molar-refractivity contribution in [2.75, 3.05) is 18.4 Å². The third kappa shape index (κ3) is 4.22. The first kappa shape index (κ1) is 21.9. The monoisotopic (exact) mass is 460 g/mol. The minimum atomic E-state index is -3.65. The van der Waals surface area contributed by atoms with E-state index in [4.69, 9.17) is 16.0 Å². The maximum absolute atomic E-state index is 12.8. The molecule has 1 aromatic heterocycles. The Labute approximate surface area is 187 Å². The number of sulfonamides is 1. The molecule has 1 aliphatic rings. The van der Waals surface area contributed by atoms with E-state index in [0.29, 0.717) is 13.1 Å². The Balaban J connectivity index is 1.56. The van der Waals surface area contributed by atoms with Gasteiger partial charge in [0.05, 0.1) is 28.3 Å². The molecule has 0 unspecified atom stereocenters. The Hall–Kier alpha value is -2.35. The average molecular weight is 461 g/mol. The van der Waals surface area contributed by atoms with E-state index in [1.54, 1.807) is 20.1 Å². The van der Waals surface area contributed by atoms with Crippen molar-refractivity contribution in [3.8, 4) is 0 Å². The van der Waals surface area contributed by atoms with Gasteiger partial charge in [-0.05, 0) is 60.7 Å². The molecule has 3 aromatic rings. The van der Waals surface area contributed by atoms with Crippen molar-refractivity contribution >= 4 is 44.2 Å². The van der Waals surface area contributed by atoms with E-state index in [2.05, 4.69) is 17.4 Å². The number of nitrogens with one attached hydrogen (secondary N) is 1. The van der Waals surface area contributed by atoms with Gasteiger partial charge < -0.3 is 9.73 Å². The quantitative estimate of drug-likeness (QED) is 0.550. The molecular weight excluding hydrogens is 436 g/mol. The van der Waals surface area contributed by atoms with Crippen molar-refractivity contribution in [3.05, 3.63) is 58.3 Å². The first-order valence-electron chi connectivity index (χ1n) is 10.4. The van der Waals surface area contributed by atoms with Crippen molar-refractivity contribution in [2.24, 2.45) is 0 Å². The van der Waals surface area contributed by atoms with Crippen molar-refractivity contribution in [1.82, 2.24) is 4.31 Å². The van der Waals surface area contributed by atoms with E-state index < -0.39 is 10.0 Å². The second kappa shape index (κ2) is 8.65. The summed E-state index contributed by atoms with van der Waals surface area (Å²) in [6.45, 7) is 4.29. The topological polar surface area (TPSA) is 79.6 Å². The Morgan fingerprint density at radius 3 is 2.55 bits per heavy atom. The van der Waals surface area contributed by atoms with Gasteiger partial charge in [-0.1, -0.05) is 25.4 Å². The second-order valence-electron chi connectivity index (χ2n) is 7.69. The average Bonchev–Trinajstić information content (AvgIpc) is 3.35. The number of benzene rings is 2. The van der Waals surface area contributed by atoms with E-state index in [1.165, 1.54) is 33.6 Å². The molecule has 0 aliphatic heterocycles. The van der Waals surface area contributed by atoms with Crippen LogP contribution in [0.4, 0.5) is 5.69 Å². The van der Waals surface area contributed by atoms with Crippen LogP contribution in [0.2, 0.25) is 5.02 Å². The summed E-state index contributed by atoms with van der Waals surface area (Å²) in [5, 5.41) is 3.98. The number of amides is 1. The maximum atomic E-state index is 12.8. The summed E-state index contributed by atoms with van der Waals surface area (Å²) in [7, 11) is -3.65. The lowest BCUT2D eigenvalue weighted by atomic mass is 10.0. The van der Waals surface area contributed by atoms with Crippen molar-refractivity contribution in [1.29, 1.82) is 0 Å². The van der Waals surface area contributed by atoms with Crippen LogP contribution < -0.4 is 5.32 Å². The van der Waals surface area contributed by atoms with Gasteiger partial charge in [-0.15, -0.1) is 0 Å². The fraction of sp³-hybridized carbons (Fsp3) is 0.348. The number of carbonyl (C=O) groups excluding carboxylic acids is 1. The van der Waals surface area contributed by atoms with Crippen molar-refractivity contribution in [2.45, 2.75) is 44.4 Å². The Kier molecular flexibility index (Phi) is 6.10.